The Labute approximate surface area is 76.4 Å². The van der Waals surface area contributed by atoms with Gasteiger partial charge in [0.2, 0.25) is 0 Å². The van der Waals surface area contributed by atoms with Crippen molar-refractivity contribution in [1.29, 1.82) is 0 Å². The molecule has 0 saturated carbocycles. The molecular formula is C10H12FNO. The van der Waals surface area contributed by atoms with Crippen LogP contribution in [0.2, 0.25) is 0 Å². The zero-order chi connectivity index (χ0) is 9.47. The first kappa shape index (κ1) is 8.66. The number of rotatable bonds is 1. The molecule has 1 aliphatic heterocycles. The van der Waals surface area contributed by atoms with Crippen LogP contribution in [0.1, 0.15) is 24.9 Å². The van der Waals surface area contributed by atoms with Crippen molar-refractivity contribution < 1.29 is 9.50 Å². The second-order valence-electron chi connectivity index (χ2n) is 3.73. The van der Waals surface area contributed by atoms with Crippen molar-refractivity contribution in [2.75, 3.05) is 0 Å². The topological polar surface area (TPSA) is 32.3 Å². The maximum atomic E-state index is 12.8. The molecule has 3 heteroatoms. The average molecular weight is 181 g/mol. The molecule has 1 aromatic rings. The van der Waals surface area contributed by atoms with Gasteiger partial charge in [-0.25, -0.2) is 4.39 Å². The molecule has 1 aromatic carbocycles. The van der Waals surface area contributed by atoms with Crippen molar-refractivity contribution in [3.63, 3.8) is 0 Å². The van der Waals surface area contributed by atoms with E-state index in [9.17, 15) is 9.50 Å². The summed E-state index contributed by atoms with van der Waals surface area (Å²) in [6.07, 6.45) is 0.635. The van der Waals surface area contributed by atoms with Gasteiger partial charge in [-0.05, 0) is 24.6 Å². The predicted octanol–water partition coefficient (Wildman–Crippen LogP) is 1.57. The number of hydrogen-bond acceptors (Lipinski definition) is 2. The van der Waals surface area contributed by atoms with Crippen LogP contribution in [0.5, 0.6) is 0 Å². The molecule has 0 amide bonds. The van der Waals surface area contributed by atoms with Gasteiger partial charge in [-0.1, -0.05) is 12.1 Å². The van der Waals surface area contributed by atoms with E-state index in [-0.39, 0.29) is 11.9 Å². The average Bonchev–Trinajstić information content (AvgIpc) is 2.00. The molecule has 0 spiro atoms. The summed E-state index contributed by atoms with van der Waals surface area (Å²) in [5, 5.41) is 12.4. The van der Waals surface area contributed by atoms with Gasteiger partial charge in [0.1, 0.15) is 11.5 Å². The fourth-order valence-electron chi connectivity index (χ4n) is 1.68. The highest BCUT2D eigenvalue weighted by Crippen LogP contribution is 2.33. The van der Waals surface area contributed by atoms with Gasteiger partial charge in [-0.15, -0.1) is 0 Å². The van der Waals surface area contributed by atoms with Gasteiger partial charge in [0, 0.05) is 12.5 Å². The molecule has 2 N–H and O–H groups in total. The van der Waals surface area contributed by atoms with E-state index in [0.717, 1.165) is 5.56 Å². The molecule has 70 valence electrons. The lowest BCUT2D eigenvalue weighted by Gasteiger charge is -2.43. The first-order valence-electron chi connectivity index (χ1n) is 4.32. The lowest BCUT2D eigenvalue weighted by atomic mass is 9.89. The zero-order valence-corrected chi connectivity index (χ0v) is 7.42. The van der Waals surface area contributed by atoms with Crippen LogP contribution in [-0.4, -0.2) is 10.8 Å². The third-order valence-corrected chi connectivity index (χ3v) is 2.34. The van der Waals surface area contributed by atoms with Crippen LogP contribution in [0.25, 0.3) is 0 Å². The number of nitrogens with one attached hydrogen (secondary N) is 1. The maximum Gasteiger partial charge on any atom is 0.123 e. The molecule has 0 radical (unpaired) electrons. The van der Waals surface area contributed by atoms with Crippen molar-refractivity contribution in [3.8, 4) is 0 Å². The Morgan fingerprint density at radius 2 is 2.31 bits per heavy atom. The van der Waals surface area contributed by atoms with E-state index < -0.39 is 5.72 Å². The highest BCUT2D eigenvalue weighted by molar-refractivity contribution is 5.23. The van der Waals surface area contributed by atoms with E-state index in [1.165, 1.54) is 12.1 Å². The first-order valence-corrected chi connectivity index (χ1v) is 4.32. The molecule has 0 aromatic heterocycles. The summed E-state index contributed by atoms with van der Waals surface area (Å²) in [7, 11) is 0. The SMILES string of the molecule is CC1(O)C[C@H](c2cccc(F)c2)N1. The highest BCUT2D eigenvalue weighted by Gasteiger charge is 2.38. The van der Waals surface area contributed by atoms with Crippen LogP contribution >= 0.6 is 0 Å². The molecule has 0 bridgehead atoms. The Morgan fingerprint density at radius 1 is 1.62 bits per heavy atom. The smallest absolute Gasteiger partial charge is 0.123 e. The third kappa shape index (κ3) is 1.71. The predicted molar refractivity (Wildman–Crippen MR) is 47.5 cm³/mol. The maximum absolute atomic E-state index is 12.8. The summed E-state index contributed by atoms with van der Waals surface area (Å²) in [5.41, 5.74) is 0.114. The molecule has 1 heterocycles. The van der Waals surface area contributed by atoms with Gasteiger partial charge >= 0.3 is 0 Å². The fourth-order valence-corrected chi connectivity index (χ4v) is 1.68. The van der Waals surface area contributed by atoms with Crippen LogP contribution in [0.4, 0.5) is 4.39 Å². The summed E-state index contributed by atoms with van der Waals surface area (Å²) >= 11 is 0. The van der Waals surface area contributed by atoms with Gasteiger partial charge in [0.25, 0.3) is 0 Å². The Bertz CT molecular complexity index is 316. The monoisotopic (exact) mass is 181 g/mol. The molecule has 1 unspecified atom stereocenters. The van der Waals surface area contributed by atoms with Crippen molar-refractivity contribution >= 4 is 0 Å². The van der Waals surface area contributed by atoms with Crippen molar-refractivity contribution in [3.05, 3.63) is 35.6 Å². The minimum Gasteiger partial charge on any atom is -0.376 e. The Morgan fingerprint density at radius 3 is 2.85 bits per heavy atom. The highest BCUT2D eigenvalue weighted by atomic mass is 19.1. The van der Waals surface area contributed by atoms with Crippen LogP contribution < -0.4 is 5.32 Å². The third-order valence-electron chi connectivity index (χ3n) is 2.34. The second-order valence-corrected chi connectivity index (χ2v) is 3.73. The van der Waals surface area contributed by atoms with Gasteiger partial charge in [-0.2, -0.15) is 0 Å². The van der Waals surface area contributed by atoms with E-state index in [1.807, 2.05) is 6.07 Å². The second kappa shape index (κ2) is 2.79. The van der Waals surface area contributed by atoms with Crippen molar-refractivity contribution in [2.45, 2.75) is 25.1 Å². The van der Waals surface area contributed by atoms with Gasteiger partial charge in [0.15, 0.2) is 0 Å². The standard InChI is InChI=1S/C10H12FNO/c1-10(13)6-9(12-10)7-3-2-4-8(11)5-7/h2-5,9,12-13H,6H2,1H3/t9-,10?/m1/s1. The molecule has 2 rings (SSSR count). The Balaban J connectivity index is 2.11. The molecule has 0 aliphatic carbocycles. The van der Waals surface area contributed by atoms with E-state index >= 15 is 0 Å². The fraction of sp³-hybridized carbons (Fsp3) is 0.400. The minimum atomic E-state index is -0.781. The lowest BCUT2D eigenvalue weighted by molar-refractivity contribution is -0.0699. The molecule has 1 saturated heterocycles. The van der Waals surface area contributed by atoms with E-state index in [1.54, 1.807) is 13.0 Å². The van der Waals surface area contributed by atoms with E-state index in [4.69, 9.17) is 0 Å². The Hall–Kier alpha value is -0.930. The summed E-state index contributed by atoms with van der Waals surface area (Å²) in [4.78, 5) is 0. The summed E-state index contributed by atoms with van der Waals surface area (Å²) in [6, 6.07) is 6.54. The zero-order valence-electron chi connectivity index (χ0n) is 7.42. The normalized spacial score (nSPS) is 32.7. The van der Waals surface area contributed by atoms with Crippen molar-refractivity contribution in [2.24, 2.45) is 0 Å². The van der Waals surface area contributed by atoms with Crippen molar-refractivity contribution in [1.82, 2.24) is 5.32 Å². The Kier molecular flexibility index (Phi) is 1.86. The first-order chi connectivity index (χ1) is 6.07. The van der Waals surface area contributed by atoms with E-state index in [2.05, 4.69) is 5.32 Å². The summed E-state index contributed by atoms with van der Waals surface area (Å²) < 4.78 is 12.8. The van der Waals surface area contributed by atoms with Crippen LogP contribution in [0, 0.1) is 5.82 Å². The summed E-state index contributed by atoms with van der Waals surface area (Å²) in [6.45, 7) is 1.71. The molecule has 13 heavy (non-hydrogen) atoms. The number of hydrogen-bond donors (Lipinski definition) is 2. The van der Waals surface area contributed by atoms with Gasteiger partial charge < -0.3 is 5.11 Å². The largest absolute Gasteiger partial charge is 0.376 e. The van der Waals surface area contributed by atoms with Crippen LogP contribution in [-0.2, 0) is 0 Å². The molecule has 2 nitrogen and oxygen atoms in total. The quantitative estimate of drug-likeness (QED) is 0.689. The van der Waals surface area contributed by atoms with Crippen LogP contribution in [0.3, 0.4) is 0 Å². The van der Waals surface area contributed by atoms with E-state index in [0.29, 0.717) is 6.42 Å². The lowest BCUT2D eigenvalue weighted by Crippen LogP contribution is -2.56. The molecule has 1 fully saturated rings. The van der Waals surface area contributed by atoms with Gasteiger partial charge in [0.05, 0.1) is 0 Å². The van der Waals surface area contributed by atoms with Gasteiger partial charge in [-0.3, -0.25) is 5.32 Å². The molecule has 2 atom stereocenters. The number of halogens is 1. The summed E-state index contributed by atoms with van der Waals surface area (Å²) in [5.74, 6) is -0.231. The number of aliphatic hydroxyl groups is 1. The number of benzene rings is 1. The molecule has 1 aliphatic rings. The molecular weight excluding hydrogens is 169 g/mol. The minimum absolute atomic E-state index is 0.0886. The van der Waals surface area contributed by atoms with Crippen LogP contribution in [0.15, 0.2) is 24.3 Å².